The van der Waals surface area contributed by atoms with E-state index in [0.717, 1.165) is 60.3 Å². The van der Waals surface area contributed by atoms with Crippen LogP contribution in [0.2, 0.25) is 0 Å². The van der Waals surface area contributed by atoms with E-state index in [-0.39, 0.29) is 5.60 Å². The summed E-state index contributed by atoms with van der Waals surface area (Å²) in [5.74, 6) is 2.75. The van der Waals surface area contributed by atoms with Gasteiger partial charge in [0.2, 0.25) is 0 Å². The first-order chi connectivity index (χ1) is 14.2. The minimum absolute atomic E-state index is 0.00104. The van der Waals surface area contributed by atoms with Gasteiger partial charge in [0.05, 0.1) is 31.0 Å². The fourth-order valence-electron chi connectivity index (χ4n) is 3.92. The minimum atomic E-state index is 0.00104. The first-order valence-corrected chi connectivity index (χ1v) is 9.98. The van der Waals surface area contributed by atoms with Gasteiger partial charge in [0, 0.05) is 18.2 Å². The van der Waals surface area contributed by atoms with Crippen molar-refractivity contribution in [2.24, 2.45) is 4.99 Å². The average molecular weight is 387 g/mol. The van der Waals surface area contributed by atoms with Crippen molar-refractivity contribution in [3.8, 4) is 5.75 Å². The molecule has 146 valence electrons. The van der Waals surface area contributed by atoms with Crippen molar-refractivity contribution in [1.82, 2.24) is 24.7 Å². The number of hydrogen-bond acceptors (Lipinski definition) is 7. The zero-order chi connectivity index (χ0) is 19.4. The summed E-state index contributed by atoms with van der Waals surface area (Å²) in [4.78, 5) is 20.3. The molecule has 3 aliphatic rings. The van der Waals surface area contributed by atoms with Gasteiger partial charge in [-0.3, -0.25) is 4.99 Å². The first-order valence-electron chi connectivity index (χ1n) is 9.98. The predicted octanol–water partition coefficient (Wildman–Crippen LogP) is 2.37. The third-order valence-electron chi connectivity index (χ3n) is 5.89. The molecule has 2 aliphatic heterocycles. The third-order valence-corrected chi connectivity index (χ3v) is 5.89. The fraction of sp³-hybridized carbons (Fsp3) is 0.381. The van der Waals surface area contributed by atoms with Crippen LogP contribution in [0.1, 0.15) is 42.4 Å². The summed E-state index contributed by atoms with van der Waals surface area (Å²) >= 11 is 0. The standard InChI is InChI=1S/C21H21N7O/c1-21(4-5-21)29-15-3-2-14-10-22-20(16(14)8-15)17-9-18(24-12-23-17)27-6-7-28-19(11-27)25-13-26-28/h2-3,8-9,12-13H,4-7,10-11H2,1H3. The summed E-state index contributed by atoms with van der Waals surface area (Å²) in [5.41, 5.74) is 4.07. The lowest BCUT2D eigenvalue weighted by molar-refractivity contribution is 0.200. The van der Waals surface area contributed by atoms with E-state index in [1.807, 2.05) is 10.7 Å². The second-order valence-corrected chi connectivity index (χ2v) is 8.12. The average Bonchev–Trinajstić information content (AvgIpc) is 3.15. The first kappa shape index (κ1) is 16.6. The van der Waals surface area contributed by atoms with Gasteiger partial charge < -0.3 is 9.64 Å². The Kier molecular flexibility index (Phi) is 3.50. The Morgan fingerprint density at radius 2 is 1.97 bits per heavy atom. The fourth-order valence-corrected chi connectivity index (χ4v) is 3.92. The number of nitrogens with zero attached hydrogens (tertiary/aromatic N) is 7. The molecule has 0 amide bonds. The largest absolute Gasteiger partial charge is 0.488 e. The van der Waals surface area contributed by atoms with Crippen LogP contribution in [0, 0.1) is 0 Å². The third kappa shape index (κ3) is 2.95. The highest BCUT2D eigenvalue weighted by molar-refractivity contribution is 6.14. The van der Waals surface area contributed by atoms with E-state index in [1.165, 1.54) is 5.56 Å². The Bertz CT molecular complexity index is 1130. The van der Waals surface area contributed by atoms with Crippen molar-refractivity contribution in [3.63, 3.8) is 0 Å². The van der Waals surface area contributed by atoms with E-state index in [9.17, 15) is 0 Å². The Labute approximate surface area is 168 Å². The molecule has 6 rings (SSSR count). The summed E-state index contributed by atoms with van der Waals surface area (Å²) in [7, 11) is 0. The number of anilines is 1. The van der Waals surface area contributed by atoms with Crippen LogP contribution in [0.15, 0.2) is 41.9 Å². The monoisotopic (exact) mass is 387 g/mol. The van der Waals surface area contributed by atoms with E-state index >= 15 is 0 Å². The minimum Gasteiger partial charge on any atom is -0.488 e. The lowest BCUT2D eigenvalue weighted by atomic mass is 10.0. The maximum absolute atomic E-state index is 6.16. The molecule has 0 atom stereocenters. The van der Waals surface area contributed by atoms with Crippen molar-refractivity contribution in [1.29, 1.82) is 0 Å². The van der Waals surface area contributed by atoms with E-state index in [0.29, 0.717) is 13.1 Å². The number of fused-ring (bicyclic) bond motifs is 2. The molecule has 0 spiro atoms. The molecule has 0 radical (unpaired) electrons. The van der Waals surface area contributed by atoms with Gasteiger partial charge in [-0.2, -0.15) is 5.10 Å². The number of aliphatic imine (C=N–C) groups is 1. The molecule has 0 saturated heterocycles. The molecule has 1 saturated carbocycles. The predicted molar refractivity (Wildman–Crippen MR) is 107 cm³/mol. The Balaban J connectivity index is 1.29. The normalized spacial score (nSPS) is 18.8. The quantitative estimate of drug-likeness (QED) is 0.684. The van der Waals surface area contributed by atoms with Crippen molar-refractivity contribution in [2.45, 2.75) is 45.0 Å². The summed E-state index contributed by atoms with van der Waals surface area (Å²) in [6.07, 6.45) is 5.46. The zero-order valence-corrected chi connectivity index (χ0v) is 16.2. The van der Waals surface area contributed by atoms with Crippen LogP contribution in [-0.4, -0.2) is 42.6 Å². The van der Waals surface area contributed by atoms with Gasteiger partial charge in [-0.25, -0.2) is 19.6 Å². The molecule has 2 aromatic heterocycles. The molecule has 0 unspecified atom stereocenters. The number of hydrogen-bond donors (Lipinski definition) is 0. The summed E-state index contributed by atoms with van der Waals surface area (Å²) in [6.45, 7) is 5.17. The molecule has 0 bridgehead atoms. The van der Waals surface area contributed by atoms with Gasteiger partial charge in [-0.05, 0) is 37.5 Å². The topological polar surface area (TPSA) is 81.3 Å². The summed E-state index contributed by atoms with van der Waals surface area (Å²) < 4.78 is 8.10. The molecule has 1 fully saturated rings. The molecule has 3 aromatic rings. The lowest BCUT2D eigenvalue weighted by Gasteiger charge is -2.27. The molecule has 1 aliphatic carbocycles. The molecule has 29 heavy (non-hydrogen) atoms. The molecule has 1 aromatic carbocycles. The summed E-state index contributed by atoms with van der Waals surface area (Å²) in [5, 5.41) is 4.24. The van der Waals surface area contributed by atoms with Crippen LogP contribution >= 0.6 is 0 Å². The van der Waals surface area contributed by atoms with Crippen LogP contribution in [0.4, 0.5) is 5.82 Å². The zero-order valence-electron chi connectivity index (χ0n) is 16.2. The van der Waals surface area contributed by atoms with Gasteiger partial charge in [-0.1, -0.05) is 6.07 Å². The van der Waals surface area contributed by atoms with Gasteiger partial charge in [-0.15, -0.1) is 0 Å². The van der Waals surface area contributed by atoms with Crippen molar-refractivity contribution < 1.29 is 4.74 Å². The van der Waals surface area contributed by atoms with Gasteiger partial charge in [0.15, 0.2) is 0 Å². The second kappa shape index (κ2) is 6.10. The van der Waals surface area contributed by atoms with Crippen molar-refractivity contribution >= 4 is 11.5 Å². The smallest absolute Gasteiger partial charge is 0.146 e. The highest BCUT2D eigenvalue weighted by Crippen LogP contribution is 2.40. The van der Waals surface area contributed by atoms with Crippen LogP contribution in [-0.2, 0) is 19.6 Å². The molecule has 8 heteroatoms. The van der Waals surface area contributed by atoms with E-state index in [2.05, 4.69) is 50.1 Å². The van der Waals surface area contributed by atoms with Crippen LogP contribution in [0.3, 0.4) is 0 Å². The number of rotatable bonds is 4. The molecular formula is C21H21N7O. The van der Waals surface area contributed by atoms with Crippen molar-refractivity contribution in [2.75, 3.05) is 11.4 Å². The molecule has 4 heterocycles. The Morgan fingerprint density at radius 3 is 2.86 bits per heavy atom. The second-order valence-electron chi connectivity index (χ2n) is 8.12. The van der Waals surface area contributed by atoms with Gasteiger partial charge in [0.1, 0.15) is 35.6 Å². The number of ether oxygens (including phenoxy) is 1. The van der Waals surface area contributed by atoms with Gasteiger partial charge in [0.25, 0.3) is 0 Å². The van der Waals surface area contributed by atoms with Crippen LogP contribution in [0.25, 0.3) is 0 Å². The molecule has 0 N–H and O–H groups in total. The molecular weight excluding hydrogens is 366 g/mol. The highest BCUT2D eigenvalue weighted by Gasteiger charge is 2.40. The van der Waals surface area contributed by atoms with Crippen LogP contribution in [0.5, 0.6) is 5.75 Å². The van der Waals surface area contributed by atoms with Gasteiger partial charge >= 0.3 is 0 Å². The Hall–Kier alpha value is -3.29. The van der Waals surface area contributed by atoms with Crippen molar-refractivity contribution in [3.05, 3.63) is 59.6 Å². The number of benzene rings is 1. The molecule has 8 nitrogen and oxygen atoms in total. The Morgan fingerprint density at radius 1 is 1.03 bits per heavy atom. The summed E-state index contributed by atoms with van der Waals surface area (Å²) in [6, 6.07) is 8.30. The van der Waals surface area contributed by atoms with Crippen LogP contribution < -0.4 is 9.64 Å². The maximum Gasteiger partial charge on any atom is 0.146 e. The number of aromatic nitrogens is 5. The maximum atomic E-state index is 6.16. The van der Waals surface area contributed by atoms with E-state index < -0.39 is 0 Å². The SMILES string of the molecule is CC1(Oc2ccc3c(c2)C(c2cc(N4CCn5ncnc5C4)ncn2)=NC3)CC1. The lowest BCUT2D eigenvalue weighted by Crippen LogP contribution is -2.35. The van der Waals surface area contributed by atoms with E-state index in [4.69, 9.17) is 9.73 Å². The van der Waals surface area contributed by atoms with E-state index in [1.54, 1.807) is 12.7 Å². The highest BCUT2D eigenvalue weighted by atomic mass is 16.5.